The van der Waals surface area contributed by atoms with Crippen molar-refractivity contribution < 1.29 is 5.11 Å². The maximum atomic E-state index is 8.78. The van der Waals surface area contributed by atoms with Gasteiger partial charge in [-0.1, -0.05) is 21.1 Å². The van der Waals surface area contributed by atoms with Crippen LogP contribution in [0.25, 0.3) is 0 Å². The number of aromatic nitrogens is 3. The van der Waals surface area contributed by atoms with E-state index < -0.39 is 0 Å². The van der Waals surface area contributed by atoms with Gasteiger partial charge in [0.05, 0.1) is 18.4 Å². The standard InChI is InChI=1S/C12H13Br3N4O/c13-8-4-10(14)12(11(15)5-8)16-6-9-7-19(18-17-9)2-1-3-20/h4-5,7,16,20H,1-3,6H2. The molecule has 2 rings (SSSR count). The number of halogens is 3. The summed E-state index contributed by atoms with van der Waals surface area (Å²) in [4.78, 5) is 0. The molecular formula is C12H13Br3N4O. The van der Waals surface area contributed by atoms with Gasteiger partial charge >= 0.3 is 0 Å². The van der Waals surface area contributed by atoms with Crippen molar-refractivity contribution in [3.05, 3.63) is 37.4 Å². The fraction of sp³-hybridized carbons (Fsp3) is 0.333. The van der Waals surface area contributed by atoms with Gasteiger partial charge in [-0.25, -0.2) is 0 Å². The molecule has 0 aliphatic heterocycles. The Morgan fingerprint density at radius 2 is 1.90 bits per heavy atom. The molecule has 2 N–H and O–H groups in total. The maximum absolute atomic E-state index is 8.78. The number of hydrogen-bond acceptors (Lipinski definition) is 4. The summed E-state index contributed by atoms with van der Waals surface area (Å²) in [5.74, 6) is 0. The number of aliphatic hydroxyl groups is 1. The normalized spacial score (nSPS) is 10.8. The van der Waals surface area contributed by atoms with Crippen LogP contribution in [0, 0.1) is 0 Å². The fourth-order valence-electron chi connectivity index (χ4n) is 1.65. The highest BCUT2D eigenvalue weighted by Crippen LogP contribution is 2.34. The second kappa shape index (κ2) is 7.53. The van der Waals surface area contributed by atoms with Crippen LogP contribution in [0.15, 0.2) is 31.7 Å². The van der Waals surface area contributed by atoms with E-state index in [-0.39, 0.29) is 6.61 Å². The molecule has 8 heteroatoms. The van der Waals surface area contributed by atoms with Crippen LogP contribution in [0.4, 0.5) is 5.69 Å². The molecule has 1 aromatic carbocycles. The lowest BCUT2D eigenvalue weighted by atomic mass is 10.3. The number of nitrogens with zero attached hydrogens (tertiary/aromatic N) is 3. The zero-order valence-corrected chi connectivity index (χ0v) is 15.2. The van der Waals surface area contributed by atoms with Crippen molar-refractivity contribution in [3.8, 4) is 0 Å². The highest BCUT2D eigenvalue weighted by Gasteiger charge is 2.08. The summed E-state index contributed by atoms with van der Waals surface area (Å²) in [7, 11) is 0. The topological polar surface area (TPSA) is 63.0 Å². The smallest absolute Gasteiger partial charge is 0.102 e. The van der Waals surface area contributed by atoms with Gasteiger partial charge in [0.25, 0.3) is 0 Å². The Hall–Kier alpha value is -0.440. The average molecular weight is 469 g/mol. The molecule has 1 heterocycles. The summed E-state index contributed by atoms with van der Waals surface area (Å²) < 4.78 is 4.66. The van der Waals surface area contributed by atoms with E-state index in [0.717, 1.165) is 24.8 Å². The summed E-state index contributed by atoms with van der Waals surface area (Å²) in [6.07, 6.45) is 2.56. The quantitative estimate of drug-likeness (QED) is 0.680. The molecule has 0 unspecified atom stereocenters. The van der Waals surface area contributed by atoms with Gasteiger partial charge in [-0.3, -0.25) is 4.68 Å². The molecule has 0 fully saturated rings. The minimum Gasteiger partial charge on any atom is -0.396 e. The third-order valence-electron chi connectivity index (χ3n) is 2.58. The number of aliphatic hydroxyl groups excluding tert-OH is 1. The van der Waals surface area contributed by atoms with Gasteiger partial charge in [-0.05, 0) is 50.4 Å². The molecule has 2 aromatic rings. The van der Waals surface area contributed by atoms with Gasteiger partial charge in [0, 0.05) is 26.6 Å². The Balaban J connectivity index is 2.00. The van der Waals surface area contributed by atoms with E-state index in [1.807, 2.05) is 18.3 Å². The first kappa shape index (κ1) is 15.9. The van der Waals surface area contributed by atoms with Crippen molar-refractivity contribution in [2.75, 3.05) is 11.9 Å². The summed E-state index contributed by atoms with van der Waals surface area (Å²) in [6, 6.07) is 3.95. The molecule has 0 aliphatic rings. The average Bonchev–Trinajstić information content (AvgIpc) is 2.83. The van der Waals surface area contributed by atoms with E-state index >= 15 is 0 Å². The number of hydrogen-bond donors (Lipinski definition) is 2. The summed E-state index contributed by atoms with van der Waals surface area (Å²) in [5, 5.41) is 20.2. The van der Waals surface area contributed by atoms with E-state index in [9.17, 15) is 0 Å². The highest BCUT2D eigenvalue weighted by atomic mass is 79.9. The molecule has 1 aromatic heterocycles. The Bertz CT molecular complexity index is 565. The van der Waals surface area contributed by atoms with Crippen molar-refractivity contribution >= 4 is 53.5 Å². The molecule has 0 spiro atoms. The molecule has 5 nitrogen and oxygen atoms in total. The predicted molar refractivity (Wildman–Crippen MR) is 88.6 cm³/mol. The molecule has 0 amide bonds. The molecule has 108 valence electrons. The summed E-state index contributed by atoms with van der Waals surface area (Å²) in [6.45, 7) is 1.42. The van der Waals surface area contributed by atoms with Crippen molar-refractivity contribution in [1.82, 2.24) is 15.0 Å². The molecule has 0 atom stereocenters. The lowest BCUT2D eigenvalue weighted by Gasteiger charge is -2.10. The van der Waals surface area contributed by atoms with Crippen molar-refractivity contribution in [1.29, 1.82) is 0 Å². The molecule has 0 saturated carbocycles. The van der Waals surface area contributed by atoms with E-state index in [0.29, 0.717) is 19.5 Å². The van der Waals surface area contributed by atoms with Crippen LogP contribution in [0.1, 0.15) is 12.1 Å². The predicted octanol–water partition coefficient (Wildman–Crippen LogP) is 3.56. The summed E-state index contributed by atoms with van der Waals surface area (Å²) in [5.41, 5.74) is 1.82. The van der Waals surface area contributed by atoms with E-state index in [1.165, 1.54) is 0 Å². The van der Waals surface area contributed by atoms with Crippen LogP contribution in [0.2, 0.25) is 0 Å². The van der Waals surface area contributed by atoms with Gasteiger partial charge in [0.1, 0.15) is 5.69 Å². The van der Waals surface area contributed by atoms with Crippen LogP contribution < -0.4 is 5.32 Å². The van der Waals surface area contributed by atoms with Crippen LogP contribution in [0.5, 0.6) is 0 Å². The minimum atomic E-state index is 0.159. The Kier molecular flexibility index (Phi) is 6.01. The third kappa shape index (κ3) is 4.28. The van der Waals surface area contributed by atoms with E-state index in [2.05, 4.69) is 63.4 Å². The van der Waals surface area contributed by atoms with Crippen LogP contribution in [-0.2, 0) is 13.1 Å². The van der Waals surface area contributed by atoms with Crippen molar-refractivity contribution in [2.45, 2.75) is 19.5 Å². The monoisotopic (exact) mass is 466 g/mol. The van der Waals surface area contributed by atoms with Crippen LogP contribution in [-0.4, -0.2) is 26.7 Å². The fourth-order valence-corrected chi connectivity index (χ4v) is 4.19. The number of benzene rings is 1. The van der Waals surface area contributed by atoms with Crippen molar-refractivity contribution in [3.63, 3.8) is 0 Å². The van der Waals surface area contributed by atoms with Gasteiger partial charge in [0.2, 0.25) is 0 Å². The number of rotatable bonds is 6. The molecular weight excluding hydrogens is 456 g/mol. The van der Waals surface area contributed by atoms with Gasteiger partial charge < -0.3 is 10.4 Å². The first-order valence-corrected chi connectivity index (χ1v) is 8.36. The highest BCUT2D eigenvalue weighted by molar-refractivity contribution is 9.11. The van der Waals surface area contributed by atoms with Gasteiger partial charge in [-0.15, -0.1) is 5.10 Å². The first-order valence-electron chi connectivity index (χ1n) is 5.98. The molecule has 0 aliphatic carbocycles. The number of anilines is 1. The van der Waals surface area contributed by atoms with Crippen molar-refractivity contribution in [2.24, 2.45) is 0 Å². The zero-order chi connectivity index (χ0) is 14.5. The zero-order valence-electron chi connectivity index (χ0n) is 10.5. The first-order chi connectivity index (χ1) is 9.60. The second-order valence-corrected chi connectivity index (χ2v) is 6.77. The Morgan fingerprint density at radius 1 is 1.20 bits per heavy atom. The van der Waals surface area contributed by atoms with Gasteiger partial charge in [-0.2, -0.15) is 0 Å². The third-order valence-corrected chi connectivity index (χ3v) is 4.29. The van der Waals surface area contributed by atoms with E-state index in [1.54, 1.807) is 4.68 Å². The van der Waals surface area contributed by atoms with Gasteiger partial charge in [0.15, 0.2) is 0 Å². The van der Waals surface area contributed by atoms with Crippen LogP contribution >= 0.6 is 47.8 Å². The SMILES string of the molecule is OCCCn1cc(CNc2c(Br)cc(Br)cc2Br)nn1. The largest absolute Gasteiger partial charge is 0.396 e. The molecule has 20 heavy (non-hydrogen) atoms. The lowest BCUT2D eigenvalue weighted by molar-refractivity contribution is 0.276. The molecule has 0 bridgehead atoms. The summed E-state index contributed by atoms with van der Waals surface area (Å²) >= 11 is 10.5. The van der Waals surface area contributed by atoms with E-state index in [4.69, 9.17) is 5.11 Å². The molecule has 0 radical (unpaired) electrons. The lowest BCUT2D eigenvalue weighted by Crippen LogP contribution is -2.02. The minimum absolute atomic E-state index is 0.159. The second-order valence-electron chi connectivity index (χ2n) is 4.15. The maximum Gasteiger partial charge on any atom is 0.102 e. The Morgan fingerprint density at radius 3 is 2.55 bits per heavy atom. The van der Waals surface area contributed by atoms with Crippen LogP contribution in [0.3, 0.4) is 0 Å². The number of aryl methyl sites for hydroxylation is 1. The number of nitrogens with one attached hydrogen (secondary N) is 1. The Labute approximate surface area is 142 Å². The molecule has 0 saturated heterocycles.